The quantitative estimate of drug-likeness (QED) is 0.0346. The standard InChI is InChI=1S/C57H102O5/c1-4-7-10-13-16-19-22-25-27-28-29-30-31-33-35-38-41-44-47-50-56(58)61-54-55(53-60-52-49-46-43-40-37-34-26-23-20-17-14-11-8-5-2)62-57(59)51-48-45-42-39-36-32-24-21-18-15-12-9-6-3/h8,11,17,20-21,24,26,34,40,43,55H,4-7,9-10,12-16,18-19,22-23,25,27-33,35-39,41-42,44-54H2,1-3H3/b11-8-,20-17-,24-21-,34-26-,43-40-. The Morgan fingerprint density at radius 1 is 0.371 bits per heavy atom. The predicted molar refractivity (Wildman–Crippen MR) is 270 cm³/mol. The fourth-order valence-corrected chi connectivity index (χ4v) is 7.57. The maximum Gasteiger partial charge on any atom is 0.306 e. The van der Waals surface area contributed by atoms with E-state index >= 15 is 0 Å². The summed E-state index contributed by atoms with van der Waals surface area (Å²) in [5.74, 6) is -0.428. The molecule has 0 bridgehead atoms. The number of hydrogen-bond acceptors (Lipinski definition) is 5. The van der Waals surface area contributed by atoms with Gasteiger partial charge >= 0.3 is 11.9 Å². The van der Waals surface area contributed by atoms with Crippen molar-refractivity contribution in [1.82, 2.24) is 0 Å². The fraction of sp³-hybridized carbons (Fsp3) is 0.789. The molecule has 0 heterocycles. The molecule has 360 valence electrons. The summed E-state index contributed by atoms with van der Waals surface area (Å²) in [7, 11) is 0. The van der Waals surface area contributed by atoms with Crippen LogP contribution in [0, 0.1) is 0 Å². The van der Waals surface area contributed by atoms with Gasteiger partial charge in [-0.3, -0.25) is 9.59 Å². The van der Waals surface area contributed by atoms with Gasteiger partial charge in [0.1, 0.15) is 6.61 Å². The molecule has 0 saturated carbocycles. The van der Waals surface area contributed by atoms with Crippen molar-refractivity contribution < 1.29 is 23.8 Å². The highest BCUT2D eigenvalue weighted by Gasteiger charge is 2.17. The van der Waals surface area contributed by atoms with E-state index in [1.165, 1.54) is 154 Å². The minimum absolute atomic E-state index is 0.0622. The van der Waals surface area contributed by atoms with Crippen LogP contribution in [0.15, 0.2) is 60.8 Å². The van der Waals surface area contributed by atoms with Gasteiger partial charge in [0.15, 0.2) is 6.10 Å². The Bertz CT molecular complexity index is 1070. The van der Waals surface area contributed by atoms with Gasteiger partial charge in [-0.05, 0) is 77.0 Å². The third kappa shape index (κ3) is 50.2. The van der Waals surface area contributed by atoms with Crippen molar-refractivity contribution in [1.29, 1.82) is 0 Å². The Morgan fingerprint density at radius 2 is 0.726 bits per heavy atom. The van der Waals surface area contributed by atoms with Crippen LogP contribution in [-0.2, 0) is 23.8 Å². The first-order chi connectivity index (χ1) is 30.6. The first-order valence-electron chi connectivity index (χ1n) is 26.8. The van der Waals surface area contributed by atoms with E-state index in [4.69, 9.17) is 14.2 Å². The van der Waals surface area contributed by atoms with E-state index in [0.29, 0.717) is 19.4 Å². The number of allylic oxidation sites excluding steroid dienone is 10. The van der Waals surface area contributed by atoms with Crippen molar-refractivity contribution in [2.45, 2.75) is 271 Å². The van der Waals surface area contributed by atoms with Crippen LogP contribution in [0.2, 0.25) is 0 Å². The van der Waals surface area contributed by atoms with E-state index in [2.05, 4.69) is 81.5 Å². The number of rotatable bonds is 49. The molecule has 1 unspecified atom stereocenters. The summed E-state index contributed by atoms with van der Waals surface area (Å²) in [5.41, 5.74) is 0. The lowest BCUT2D eigenvalue weighted by atomic mass is 10.0. The molecule has 0 amide bonds. The van der Waals surface area contributed by atoms with Crippen molar-refractivity contribution in [3.05, 3.63) is 60.8 Å². The smallest absolute Gasteiger partial charge is 0.306 e. The Morgan fingerprint density at radius 3 is 1.19 bits per heavy atom. The van der Waals surface area contributed by atoms with Crippen molar-refractivity contribution in [3.63, 3.8) is 0 Å². The van der Waals surface area contributed by atoms with E-state index in [1.807, 2.05) is 0 Å². The van der Waals surface area contributed by atoms with Gasteiger partial charge in [0.05, 0.1) is 6.61 Å². The number of carbonyl (C=O) groups excluding carboxylic acids is 2. The highest BCUT2D eigenvalue weighted by atomic mass is 16.6. The van der Waals surface area contributed by atoms with E-state index in [-0.39, 0.29) is 25.2 Å². The van der Waals surface area contributed by atoms with Crippen LogP contribution in [0.5, 0.6) is 0 Å². The molecule has 0 aromatic heterocycles. The molecule has 0 aromatic carbocycles. The van der Waals surface area contributed by atoms with Gasteiger partial charge < -0.3 is 14.2 Å². The monoisotopic (exact) mass is 867 g/mol. The van der Waals surface area contributed by atoms with Crippen molar-refractivity contribution in [3.8, 4) is 0 Å². The summed E-state index contributed by atoms with van der Waals surface area (Å²) in [6.45, 7) is 7.59. The Balaban J connectivity index is 4.27. The van der Waals surface area contributed by atoms with Crippen LogP contribution in [0.25, 0.3) is 0 Å². The summed E-state index contributed by atoms with van der Waals surface area (Å²) >= 11 is 0. The first kappa shape index (κ1) is 59.6. The van der Waals surface area contributed by atoms with E-state index in [0.717, 1.165) is 77.0 Å². The molecule has 0 aliphatic heterocycles. The summed E-state index contributed by atoms with van der Waals surface area (Å²) in [6.07, 6.45) is 66.8. The summed E-state index contributed by atoms with van der Waals surface area (Å²) < 4.78 is 17.3. The van der Waals surface area contributed by atoms with Gasteiger partial charge in [0.2, 0.25) is 0 Å². The molecule has 5 heteroatoms. The molecule has 0 fully saturated rings. The van der Waals surface area contributed by atoms with Gasteiger partial charge in [-0.25, -0.2) is 0 Å². The van der Waals surface area contributed by atoms with Crippen molar-refractivity contribution in [2.24, 2.45) is 0 Å². The highest BCUT2D eigenvalue weighted by Crippen LogP contribution is 2.16. The molecule has 5 nitrogen and oxygen atoms in total. The molecular weight excluding hydrogens is 765 g/mol. The molecule has 62 heavy (non-hydrogen) atoms. The zero-order chi connectivity index (χ0) is 44.9. The molecule has 1 atom stereocenters. The zero-order valence-corrected chi connectivity index (χ0v) is 41.4. The second-order valence-electron chi connectivity index (χ2n) is 17.8. The van der Waals surface area contributed by atoms with Crippen LogP contribution < -0.4 is 0 Å². The molecule has 0 aromatic rings. The molecular formula is C57H102O5. The Labute approximate surface area is 385 Å². The molecule has 0 spiro atoms. The van der Waals surface area contributed by atoms with Crippen molar-refractivity contribution in [2.75, 3.05) is 19.8 Å². The van der Waals surface area contributed by atoms with Crippen molar-refractivity contribution >= 4 is 11.9 Å². The van der Waals surface area contributed by atoms with Gasteiger partial charge in [0, 0.05) is 19.4 Å². The number of esters is 2. The maximum atomic E-state index is 12.8. The average molecular weight is 867 g/mol. The third-order valence-electron chi connectivity index (χ3n) is 11.5. The van der Waals surface area contributed by atoms with Crippen LogP contribution in [0.4, 0.5) is 0 Å². The molecule has 0 aliphatic carbocycles. The molecule has 0 saturated heterocycles. The van der Waals surface area contributed by atoms with Crippen LogP contribution in [-0.4, -0.2) is 37.9 Å². The second-order valence-corrected chi connectivity index (χ2v) is 17.8. The summed E-state index contributed by atoms with van der Waals surface area (Å²) in [6, 6.07) is 0. The minimum Gasteiger partial charge on any atom is -0.462 e. The molecule has 0 rings (SSSR count). The number of hydrogen-bond donors (Lipinski definition) is 0. The minimum atomic E-state index is -0.567. The fourth-order valence-electron chi connectivity index (χ4n) is 7.57. The normalized spacial score (nSPS) is 12.6. The molecule has 0 radical (unpaired) electrons. The Hall–Kier alpha value is -2.40. The summed E-state index contributed by atoms with van der Waals surface area (Å²) in [5, 5.41) is 0. The lowest BCUT2D eigenvalue weighted by Gasteiger charge is -2.18. The average Bonchev–Trinajstić information content (AvgIpc) is 3.27. The lowest BCUT2D eigenvalue weighted by Crippen LogP contribution is -2.30. The third-order valence-corrected chi connectivity index (χ3v) is 11.5. The largest absolute Gasteiger partial charge is 0.462 e. The highest BCUT2D eigenvalue weighted by molar-refractivity contribution is 5.70. The van der Waals surface area contributed by atoms with Crippen LogP contribution in [0.3, 0.4) is 0 Å². The second kappa shape index (κ2) is 52.9. The zero-order valence-electron chi connectivity index (χ0n) is 41.4. The number of ether oxygens (including phenoxy) is 3. The summed E-state index contributed by atoms with van der Waals surface area (Å²) in [4.78, 5) is 25.4. The van der Waals surface area contributed by atoms with Gasteiger partial charge in [-0.15, -0.1) is 0 Å². The van der Waals surface area contributed by atoms with Crippen LogP contribution in [0.1, 0.15) is 265 Å². The lowest BCUT2D eigenvalue weighted by molar-refractivity contribution is -0.163. The Kier molecular flexibility index (Phi) is 50.9. The molecule has 0 aliphatic rings. The number of unbranched alkanes of at least 4 members (excludes halogenated alkanes) is 28. The predicted octanol–water partition coefficient (Wildman–Crippen LogP) is 18.1. The van der Waals surface area contributed by atoms with E-state index < -0.39 is 6.10 Å². The van der Waals surface area contributed by atoms with Gasteiger partial charge in [0.25, 0.3) is 0 Å². The van der Waals surface area contributed by atoms with E-state index in [9.17, 15) is 9.59 Å². The number of carbonyl (C=O) groups is 2. The molecule has 0 N–H and O–H groups in total. The van der Waals surface area contributed by atoms with E-state index in [1.54, 1.807) is 0 Å². The maximum absolute atomic E-state index is 12.8. The van der Waals surface area contributed by atoms with Crippen LogP contribution >= 0.6 is 0 Å². The SMILES string of the molecule is CC/C=C\C/C=C\C/C=C\C/C=C\CCCOCC(COC(=O)CCCCCCCCCCCCCCCCCCCCC)OC(=O)CCCCCCC/C=C\CCCCCC. The topological polar surface area (TPSA) is 61.8 Å². The van der Waals surface area contributed by atoms with Gasteiger partial charge in [-0.2, -0.15) is 0 Å². The van der Waals surface area contributed by atoms with Gasteiger partial charge in [-0.1, -0.05) is 236 Å². The first-order valence-corrected chi connectivity index (χ1v) is 26.8.